The van der Waals surface area contributed by atoms with Crippen LogP contribution in [0.3, 0.4) is 0 Å². The number of carboxylic acid groups (broad SMARTS) is 1. The van der Waals surface area contributed by atoms with Gasteiger partial charge in [-0.3, -0.25) is 4.79 Å². The summed E-state index contributed by atoms with van der Waals surface area (Å²) in [6.07, 6.45) is 5.17. The molecule has 1 aromatic heterocycles. The molecule has 2 aliphatic carbocycles. The van der Waals surface area contributed by atoms with E-state index < -0.39 is 5.97 Å². The number of nitrogens with one attached hydrogen (secondary N) is 1. The molecule has 0 radical (unpaired) electrons. The predicted molar refractivity (Wildman–Crippen MR) is 77.2 cm³/mol. The smallest absolute Gasteiger partial charge is 0.337 e. The number of rotatable bonds is 6. The molecule has 2 N–H and O–H groups in total. The summed E-state index contributed by atoms with van der Waals surface area (Å²) in [6.45, 7) is 2.33. The molecule has 0 aliphatic heterocycles. The van der Waals surface area contributed by atoms with Crippen LogP contribution in [0.4, 0.5) is 0 Å². The van der Waals surface area contributed by atoms with Gasteiger partial charge in [-0.25, -0.2) is 9.78 Å². The van der Waals surface area contributed by atoms with Crippen molar-refractivity contribution in [3.8, 4) is 0 Å². The molecule has 5 nitrogen and oxygen atoms in total. The summed E-state index contributed by atoms with van der Waals surface area (Å²) in [5.74, 6) is 0.980. The van der Waals surface area contributed by atoms with Gasteiger partial charge in [0.2, 0.25) is 0 Å². The van der Waals surface area contributed by atoms with E-state index in [1.165, 1.54) is 37.8 Å². The van der Waals surface area contributed by atoms with Crippen molar-refractivity contribution in [3.63, 3.8) is 0 Å². The van der Waals surface area contributed by atoms with Crippen molar-refractivity contribution in [2.75, 3.05) is 6.54 Å². The van der Waals surface area contributed by atoms with E-state index in [9.17, 15) is 9.59 Å². The molecule has 0 atom stereocenters. The summed E-state index contributed by atoms with van der Waals surface area (Å²) in [5.41, 5.74) is 0.805. The zero-order valence-corrected chi connectivity index (χ0v) is 12.1. The highest BCUT2D eigenvalue weighted by Crippen LogP contribution is 2.48. The summed E-state index contributed by atoms with van der Waals surface area (Å²) in [6, 6.07) is 2.92. The van der Waals surface area contributed by atoms with Gasteiger partial charge in [-0.2, -0.15) is 0 Å². The molecule has 3 rings (SSSR count). The molecule has 2 saturated carbocycles. The Balaban J connectivity index is 1.62. The lowest BCUT2D eigenvalue weighted by molar-refractivity contribution is 0.0694. The average Bonchev–Trinajstić information content (AvgIpc) is 3.31. The minimum Gasteiger partial charge on any atom is -0.478 e. The Morgan fingerprint density at radius 1 is 1.29 bits per heavy atom. The minimum atomic E-state index is -1.02. The van der Waals surface area contributed by atoms with Crippen molar-refractivity contribution < 1.29 is 14.7 Å². The predicted octanol–water partition coefficient (Wildman–Crippen LogP) is 2.25. The Bertz CT molecular complexity index is 565. The van der Waals surface area contributed by atoms with Crippen LogP contribution in [-0.4, -0.2) is 28.5 Å². The summed E-state index contributed by atoms with van der Waals surface area (Å²) < 4.78 is 0. The molecule has 0 aromatic carbocycles. The van der Waals surface area contributed by atoms with Gasteiger partial charge in [-0.15, -0.1) is 0 Å². The van der Waals surface area contributed by atoms with Crippen molar-refractivity contribution >= 4 is 11.9 Å². The van der Waals surface area contributed by atoms with Gasteiger partial charge in [-0.1, -0.05) is 0 Å². The van der Waals surface area contributed by atoms with Crippen molar-refractivity contribution in [2.24, 2.45) is 17.8 Å². The highest BCUT2D eigenvalue weighted by Gasteiger charge is 2.41. The number of carboxylic acids is 1. The third-order valence-electron chi connectivity index (χ3n) is 4.50. The summed E-state index contributed by atoms with van der Waals surface area (Å²) in [4.78, 5) is 27.2. The topological polar surface area (TPSA) is 79.3 Å². The highest BCUT2D eigenvalue weighted by molar-refractivity contribution is 5.94. The SMILES string of the molecule is Cc1nc(C(=O)NCC(C2CC2)C2CC2)ccc1C(=O)O. The molecule has 21 heavy (non-hydrogen) atoms. The molecule has 1 aromatic rings. The monoisotopic (exact) mass is 288 g/mol. The largest absolute Gasteiger partial charge is 0.478 e. The number of carbonyl (C=O) groups excluding carboxylic acids is 1. The average molecular weight is 288 g/mol. The first kappa shape index (κ1) is 14.0. The molecule has 0 bridgehead atoms. The summed E-state index contributed by atoms with van der Waals surface area (Å²) in [7, 11) is 0. The van der Waals surface area contributed by atoms with Gasteiger partial charge < -0.3 is 10.4 Å². The highest BCUT2D eigenvalue weighted by atomic mass is 16.4. The first-order chi connectivity index (χ1) is 10.1. The van der Waals surface area contributed by atoms with Gasteiger partial charge in [0.25, 0.3) is 5.91 Å². The molecular formula is C16H20N2O3. The zero-order valence-electron chi connectivity index (χ0n) is 12.1. The second kappa shape index (κ2) is 5.47. The normalized spacial score (nSPS) is 17.8. The van der Waals surface area contributed by atoms with Crippen LogP contribution in [0.1, 0.15) is 52.2 Å². The number of aromatic carboxylic acids is 1. The third-order valence-corrected chi connectivity index (χ3v) is 4.50. The van der Waals surface area contributed by atoms with Gasteiger partial charge in [0.15, 0.2) is 0 Å². The Kier molecular flexibility index (Phi) is 3.66. The minimum absolute atomic E-state index is 0.139. The Labute approximate surface area is 123 Å². The molecule has 0 spiro atoms. The molecule has 0 saturated heterocycles. The van der Waals surface area contributed by atoms with E-state index in [1.807, 2.05) is 0 Å². The van der Waals surface area contributed by atoms with Gasteiger partial charge in [0.1, 0.15) is 5.69 Å². The molecule has 2 aliphatic rings. The zero-order chi connectivity index (χ0) is 15.0. The second-order valence-corrected chi connectivity index (χ2v) is 6.18. The fourth-order valence-corrected chi connectivity index (χ4v) is 2.98. The van der Waals surface area contributed by atoms with Crippen LogP contribution in [0.2, 0.25) is 0 Å². The van der Waals surface area contributed by atoms with Crippen molar-refractivity contribution in [1.29, 1.82) is 0 Å². The number of hydrogen-bond acceptors (Lipinski definition) is 3. The van der Waals surface area contributed by atoms with Gasteiger partial charge in [0, 0.05) is 6.54 Å². The van der Waals surface area contributed by atoms with Crippen molar-refractivity contribution in [1.82, 2.24) is 10.3 Å². The van der Waals surface area contributed by atoms with Crippen molar-refractivity contribution in [3.05, 3.63) is 29.1 Å². The number of amides is 1. The molecule has 5 heteroatoms. The lowest BCUT2D eigenvalue weighted by atomic mass is 9.98. The maximum Gasteiger partial charge on any atom is 0.337 e. The standard InChI is InChI=1S/C16H20N2O3/c1-9-12(16(20)21)6-7-14(18-9)15(19)17-8-13(10-2-3-10)11-4-5-11/h6-7,10-11,13H,2-5,8H2,1H3,(H,17,19)(H,20,21). The van der Waals surface area contributed by atoms with E-state index in [1.54, 1.807) is 6.92 Å². The molecule has 2 fully saturated rings. The number of carbonyl (C=O) groups is 2. The Hall–Kier alpha value is -1.91. The lowest BCUT2D eigenvalue weighted by Gasteiger charge is -2.16. The number of nitrogens with zero attached hydrogens (tertiary/aromatic N) is 1. The van der Waals surface area contributed by atoms with Crippen LogP contribution in [0.5, 0.6) is 0 Å². The molecule has 1 heterocycles. The Morgan fingerprint density at radius 2 is 1.90 bits per heavy atom. The van der Waals surface area contributed by atoms with E-state index in [0.717, 1.165) is 18.4 Å². The van der Waals surface area contributed by atoms with E-state index >= 15 is 0 Å². The first-order valence-electron chi connectivity index (χ1n) is 7.55. The van der Waals surface area contributed by atoms with Crippen LogP contribution in [0, 0.1) is 24.7 Å². The van der Waals surface area contributed by atoms with E-state index in [-0.39, 0.29) is 11.5 Å². The van der Waals surface area contributed by atoms with Crippen LogP contribution < -0.4 is 5.32 Å². The van der Waals surface area contributed by atoms with E-state index in [4.69, 9.17) is 5.11 Å². The van der Waals surface area contributed by atoms with E-state index in [0.29, 0.717) is 17.3 Å². The van der Waals surface area contributed by atoms with E-state index in [2.05, 4.69) is 10.3 Å². The Morgan fingerprint density at radius 3 is 2.38 bits per heavy atom. The number of aryl methyl sites for hydroxylation is 1. The maximum absolute atomic E-state index is 12.1. The molecule has 112 valence electrons. The van der Waals surface area contributed by atoms with Gasteiger partial charge >= 0.3 is 5.97 Å². The molecule has 1 amide bonds. The van der Waals surface area contributed by atoms with Crippen LogP contribution in [-0.2, 0) is 0 Å². The second-order valence-electron chi connectivity index (χ2n) is 6.18. The number of hydrogen-bond donors (Lipinski definition) is 2. The fourth-order valence-electron chi connectivity index (χ4n) is 2.98. The van der Waals surface area contributed by atoms with Crippen LogP contribution in [0.25, 0.3) is 0 Å². The quantitative estimate of drug-likeness (QED) is 0.841. The fraction of sp³-hybridized carbons (Fsp3) is 0.562. The molecule has 0 unspecified atom stereocenters. The summed E-state index contributed by atoms with van der Waals surface area (Å²) in [5, 5.41) is 11.9. The van der Waals surface area contributed by atoms with Crippen molar-refractivity contribution in [2.45, 2.75) is 32.6 Å². The van der Waals surface area contributed by atoms with Crippen LogP contribution >= 0.6 is 0 Å². The van der Waals surface area contributed by atoms with Crippen LogP contribution in [0.15, 0.2) is 12.1 Å². The van der Waals surface area contributed by atoms with Gasteiger partial charge in [0.05, 0.1) is 11.3 Å². The first-order valence-corrected chi connectivity index (χ1v) is 7.55. The lowest BCUT2D eigenvalue weighted by Crippen LogP contribution is -2.31. The molecular weight excluding hydrogens is 268 g/mol. The van der Waals surface area contributed by atoms with Gasteiger partial charge in [-0.05, 0) is 62.5 Å². The number of pyridine rings is 1. The third kappa shape index (κ3) is 3.23. The number of aromatic nitrogens is 1. The summed E-state index contributed by atoms with van der Waals surface area (Å²) >= 11 is 0. The maximum atomic E-state index is 12.1.